The van der Waals surface area contributed by atoms with Crippen LogP contribution in [0.2, 0.25) is 0 Å². The van der Waals surface area contributed by atoms with Gasteiger partial charge in [0.25, 0.3) is 5.56 Å². The molecule has 0 fully saturated rings. The molecule has 0 bridgehead atoms. The Morgan fingerprint density at radius 3 is 2.62 bits per heavy atom. The average molecular weight is 479 g/mol. The molecule has 9 nitrogen and oxygen atoms in total. The summed E-state index contributed by atoms with van der Waals surface area (Å²) < 4.78 is 11.1. The Morgan fingerprint density at radius 1 is 1.06 bits per heavy atom. The van der Waals surface area contributed by atoms with E-state index < -0.39 is 0 Å². The quantitative estimate of drug-likeness (QED) is 0.278. The van der Waals surface area contributed by atoms with Crippen LogP contribution in [0.1, 0.15) is 22.6 Å². The van der Waals surface area contributed by atoms with E-state index in [1.54, 1.807) is 25.2 Å². The number of H-pyrrole nitrogens is 2. The van der Waals surface area contributed by atoms with Crippen LogP contribution in [0.15, 0.2) is 59.7 Å². The maximum Gasteiger partial charge on any atom is 0.296 e. The van der Waals surface area contributed by atoms with Crippen LogP contribution >= 0.6 is 11.8 Å². The number of hydrogen-bond donors (Lipinski definition) is 3. The van der Waals surface area contributed by atoms with Gasteiger partial charge in [-0.1, -0.05) is 12.1 Å². The number of aromatic amines is 2. The summed E-state index contributed by atoms with van der Waals surface area (Å²) >= 11 is 1.75. The number of rotatable bonds is 11. The van der Waals surface area contributed by atoms with E-state index in [9.17, 15) is 4.79 Å². The maximum atomic E-state index is 12.5. The highest BCUT2D eigenvalue weighted by Gasteiger charge is 2.08. The summed E-state index contributed by atoms with van der Waals surface area (Å²) in [6.07, 6.45) is 2.05. The van der Waals surface area contributed by atoms with Crippen molar-refractivity contribution in [3.63, 3.8) is 0 Å². The van der Waals surface area contributed by atoms with Crippen LogP contribution in [0.4, 0.5) is 5.95 Å². The number of nitrogens with one attached hydrogen (secondary N) is 3. The van der Waals surface area contributed by atoms with Crippen molar-refractivity contribution < 1.29 is 9.47 Å². The van der Waals surface area contributed by atoms with E-state index in [1.165, 1.54) is 0 Å². The van der Waals surface area contributed by atoms with Crippen LogP contribution in [-0.2, 0) is 12.2 Å². The standard InChI is InChI=1S/C24H26N6O3S/c1-16-22(27-15-26-16)14-34-11-10-25-24-28-23(31)21(29-30-24)13-17-4-3-5-20(12-17)33-19-8-6-18(32-2)7-9-19/h3-9,12,15H,10-11,13-14H2,1-2H3,(H,26,27)(H2,25,28,30,31). The number of anilines is 1. The molecule has 0 aliphatic heterocycles. The number of aromatic nitrogens is 5. The largest absolute Gasteiger partial charge is 0.497 e. The lowest BCUT2D eigenvalue weighted by Crippen LogP contribution is -2.20. The number of methoxy groups -OCH3 is 1. The SMILES string of the molecule is COc1ccc(Oc2cccc(Cc3n[nH]c(NCCSCc4nc[nH]c4C)nc3=O)c2)cc1. The van der Waals surface area contributed by atoms with E-state index in [4.69, 9.17) is 9.47 Å². The van der Waals surface area contributed by atoms with Crippen LogP contribution in [0.25, 0.3) is 0 Å². The van der Waals surface area contributed by atoms with Gasteiger partial charge in [-0.25, -0.2) is 10.1 Å². The van der Waals surface area contributed by atoms with E-state index in [-0.39, 0.29) is 5.56 Å². The van der Waals surface area contributed by atoms with Gasteiger partial charge in [0.2, 0.25) is 5.95 Å². The third-order valence-corrected chi connectivity index (χ3v) is 6.00. The number of imidazole rings is 1. The van der Waals surface area contributed by atoms with Gasteiger partial charge in [0.05, 0.1) is 19.1 Å². The average Bonchev–Trinajstić information content (AvgIpc) is 3.26. The van der Waals surface area contributed by atoms with Gasteiger partial charge in [-0.15, -0.1) is 0 Å². The molecule has 34 heavy (non-hydrogen) atoms. The van der Waals surface area contributed by atoms with Crippen molar-refractivity contribution in [2.75, 3.05) is 24.7 Å². The van der Waals surface area contributed by atoms with Gasteiger partial charge in [-0.05, 0) is 48.9 Å². The minimum absolute atomic E-state index is 0.343. The molecule has 0 radical (unpaired) electrons. The lowest BCUT2D eigenvalue weighted by Gasteiger charge is -2.09. The molecule has 4 aromatic rings. The molecule has 4 rings (SSSR count). The fourth-order valence-corrected chi connectivity index (χ4v) is 4.06. The van der Waals surface area contributed by atoms with E-state index in [1.807, 2.05) is 55.5 Å². The van der Waals surface area contributed by atoms with Gasteiger partial charge < -0.3 is 19.8 Å². The summed E-state index contributed by atoms with van der Waals surface area (Å²) in [4.78, 5) is 23.9. The topological polar surface area (TPSA) is 118 Å². The molecule has 0 aliphatic carbocycles. The molecule has 0 spiro atoms. The van der Waals surface area contributed by atoms with E-state index in [2.05, 4.69) is 30.5 Å². The Hall–Kier alpha value is -3.79. The number of ether oxygens (including phenoxy) is 2. The zero-order chi connectivity index (χ0) is 23.8. The Balaban J connectivity index is 1.29. The summed E-state index contributed by atoms with van der Waals surface area (Å²) in [7, 11) is 1.62. The molecule has 0 saturated heterocycles. The van der Waals surface area contributed by atoms with Crippen molar-refractivity contribution in [1.29, 1.82) is 0 Å². The molecule has 176 valence electrons. The second-order valence-electron chi connectivity index (χ2n) is 7.49. The van der Waals surface area contributed by atoms with Crippen LogP contribution in [0.3, 0.4) is 0 Å². The van der Waals surface area contributed by atoms with Crippen molar-refractivity contribution in [3.05, 3.63) is 87.9 Å². The summed E-state index contributed by atoms with van der Waals surface area (Å²) in [5.74, 6) is 4.18. The molecule has 0 saturated carbocycles. The first-order valence-electron chi connectivity index (χ1n) is 10.8. The second kappa shape index (κ2) is 11.4. The van der Waals surface area contributed by atoms with Gasteiger partial charge in [0.1, 0.15) is 22.9 Å². The minimum atomic E-state index is -0.359. The van der Waals surface area contributed by atoms with Crippen molar-refractivity contribution in [2.45, 2.75) is 19.1 Å². The lowest BCUT2D eigenvalue weighted by molar-refractivity contribution is 0.413. The Labute approximate surface area is 201 Å². The first-order chi connectivity index (χ1) is 16.6. The van der Waals surface area contributed by atoms with Gasteiger partial charge >= 0.3 is 0 Å². The Morgan fingerprint density at radius 2 is 1.88 bits per heavy atom. The van der Waals surface area contributed by atoms with Gasteiger partial charge in [-0.2, -0.15) is 21.8 Å². The van der Waals surface area contributed by atoms with Gasteiger partial charge in [0, 0.05) is 30.2 Å². The smallest absolute Gasteiger partial charge is 0.296 e. The van der Waals surface area contributed by atoms with Crippen LogP contribution in [-0.4, -0.2) is 44.6 Å². The molecular formula is C24H26N6O3S. The first kappa shape index (κ1) is 23.4. The summed E-state index contributed by atoms with van der Waals surface area (Å²) in [5.41, 5.74) is 3.03. The van der Waals surface area contributed by atoms with E-state index in [0.29, 0.717) is 36.1 Å². The molecular weight excluding hydrogens is 452 g/mol. The molecule has 3 N–H and O–H groups in total. The summed E-state index contributed by atoms with van der Waals surface area (Å²) in [6.45, 7) is 2.66. The van der Waals surface area contributed by atoms with Gasteiger partial charge in [-0.3, -0.25) is 4.79 Å². The summed E-state index contributed by atoms with van der Waals surface area (Å²) in [5, 5.41) is 10.2. The van der Waals surface area contributed by atoms with Crippen LogP contribution in [0, 0.1) is 6.92 Å². The molecule has 0 amide bonds. The van der Waals surface area contributed by atoms with Crippen molar-refractivity contribution in [1.82, 2.24) is 25.1 Å². The lowest BCUT2D eigenvalue weighted by atomic mass is 10.1. The summed E-state index contributed by atoms with van der Waals surface area (Å²) in [6, 6.07) is 14.9. The Kier molecular flexibility index (Phi) is 7.82. The van der Waals surface area contributed by atoms with Gasteiger partial charge in [0.15, 0.2) is 0 Å². The number of thioether (sulfide) groups is 1. The number of benzene rings is 2. The predicted molar refractivity (Wildman–Crippen MR) is 133 cm³/mol. The number of hydrogen-bond acceptors (Lipinski definition) is 8. The molecule has 0 unspecified atom stereocenters. The fourth-order valence-electron chi connectivity index (χ4n) is 3.19. The minimum Gasteiger partial charge on any atom is -0.497 e. The normalized spacial score (nSPS) is 10.8. The molecule has 2 aromatic heterocycles. The molecule has 2 aromatic carbocycles. The maximum absolute atomic E-state index is 12.5. The van der Waals surface area contributed by atoms with Crippen molar-refractivity contribution in [2.24, 2.45) is 0 Å². The predicted octanol–water partition coefficient (Wildman–Crippen LogP) is 3.93. The molecule has 0 atom stereocenters. The van der Waals surface area contributed by atoms with Crippen molar-refractivity contribution in [3.8, 4) is 17.2 Å². The zero-order valence-electron chi connectivity index (χ0n) is 19.0. The third kappa shape index (κ3) is 6.38. The fraction of sp³-hybridized carbons (Fsp3) is 0.250. The molecule has 2 heterocycles. The van der Waals surface area contributed by atoms with Crippen LogP contribution in [0.5, 0.6) is 17.2 Å². The van der Waals surface area contributed by atoms with Crippen molar-refractivity contribution >= 4 is 17.7 Å². The zero-order valence-corrected chi connectivity index (χ0v) is 19.8. The molecule has 0 aliphatic rings. The highest BCUT2D eigenvalue weighted by Crippen LogP contribution is 2.25. The van der Waals surface area contributed by atoms with E-state index >= 15 is 0 Å². The highest BCUT2D eigenvalue weighted by atomic mass is 32.2. The number of aryl methyl sites for hydroxylation is 1. The first-order valence-corrected chi connectivity index (χ1v) is 11.9. The van der Waals surface area contributed by atoms with Crippen LogP contribution < -0.4 is 20.3 Å². The van der Waals surface area contributed by atoms with E-state index in [0.717, 1.165) is 34.2 Å². The number of nitrogens with zero attached hydrogens (tertiary/aromatic N) is 3. The Bertz CT molecular complexity index is 1270. The monoisotopic (exact) mass is 478 g/mol. The second-order valence-corrected chi connectivity index (χ2v) is 8.60. The highest BCUT2D eigenvalue weighted by molar-refractivity contribution is 7.98. The molecule has 10 heteroatoms. The third-order valence-electron chi connectivity index (χ3n) is 5.03.